The van der Waals surface area contributed by atoms with Crippen LogP contribution in [0.2, 0.25) is 0 Å². The number of hydrogen-bond donors (Lipinski definition) is 1. The van der Waals surface area contributed by atoms with Gasteiger partial charge in [-0.2, -0.15) is 5.26 Å². The lowest BCUT2D eigenvalue weighted by molar-refractivity contribution is 0.669. The largest absolute Gasteiger partial charge is 0.456 e. The van der Waals surface area contributed by atoms with Gasteiger partial charge in [-0.15, -0.1) is 0 Å². The third kappa shape index (κ3) is 1.14. The molecule has 0 radical (unpaired) electrons. The molecule has 0 bridgehead atoms. The van der Waals surface area contributed by atoms with Crippen LogP contribution >= 0.6 is 0 Å². The Labute approximate surface area is 91.7 Å². The van der Waals surface area contributed by atoms with Crippen LogP contribution < -0.4 is 5.73 Å². The van der Waals surface area contributed by atoms with E-state index >= 15 is 0 Å². The van der Waals surface area contributed by atoms with Gasteiger partial charge in [0.05, 0.1) is 11.6 Å². The highest BCUT2D eigenvalue weighted by Gasteiger charge is 2.07. The average molecular weight is 208 g/mol. The molecule has 3 rings (SSSR count). The normalized spacial score (nSPS) is 10.7. The van der Waals surface area contributed by atoms with Crippen molar-refractivity contribution in [3.05, 3.63) is 42.0 Å². The molecule has 0 atom stereocenters. The first-order valence-electron chi connectivity index (χ1n) is 4.90. The molecule has 0 aliphatic heterocycles. The van der Waals surface area contributed by atoms with Crippen LogP contribution in [-0.4, -0.2) is 0 Å². The number of benzene rings is 2. The van der Waals surface area contributed by atoms with Crippen LogP contribution in [0.3, 0.4) is 0 Å². The van der Waals surface area contributed by atoms with Crippen molar-refractivity contribution in [3.8, 4) is 6.07 Å². The van der Waals surface area contributed by atoms with Crippen molar-refractivity contribution >= 4 is 27.6 Å². The molecule has 0 saturated heterocycles. The molecule has 0 saturated carbocycles. The Hall–Kier alpha value is -2.47. The molecule has 2 aromatic carbocycles. The lowest BCUT2D eigenvalue weighted by Crippen LogP contribution is -1.81. The third-order valence-corrected chi connectivity index (χ3v) is 2.62. The highest BCUT2D eigenvalue weighted by atomic mass is 16.3. The maximum atomic E-state index is 8.80. The summed E-state index contributed by atoms with van der Waals surface area (Å²) in [5.41, 5.74) is 8.55. The Morgan fingerprint density at radius 2 is 1.88 bits per heavy atom. The molecule has 3 aromatic rings. The summed E-state index contributed by atoms with van der Waals surface area (Å²) in [6.45, 7) is 0. The van der Waals surface area contributed by atoms with Crippen molar-refractivity contribution in [2.75, 3.05) is 5.73 Å². The molecule has 0 fully saturated rings. The summed E-state index contributed by atoms with van der Waals surface area (Å²) in [5.74, 6) is 0. The molecule has 3 heteroatoms. The number of hydrogen-bond acceptors (Lipinski definition) is 3. The first-order valence-corrected chi connectivity index (χ1v) is 4.90. The predicted molar refractivity (Wildman–Crippen MR) is 62.8 cm³/mol. The molecule has 0 aliphatic rings. The van der Waals surface area contributed by atoms with Gasteiger partial charge in [0.15, 0.2) is 0 Å². The van der Waals surface area contributed by atoms with Gasteiger partial charge in [-0.05, 0) is 36.4 Å². The molecule has 0 unspecified atom stereocenters. The van der Waals surface area contributed by atoms with Gasteiger partial charge in [0.2, 0.25) is 0 Å². The summed E-state index contributed by atoms with van der Waals surface area (Å²) in [4.78, 5) is 0. The van der Waals surface area contributed by atoms with Crippen molar-refractivity contribution in [1.29, 1.82) is 5.26 Å². The minimum absolute atomic E-state index is 0.597. The van der Waals surface area contributed by atoms with E-state index in [9.17, 15) is 0 Å². The number of furan rings is 1. The minimum Gasteiger partial charge on any atom is -0.456 e. The van der Waals surface area contributed by atoms with Crippen LogP contribution in [0.5, 0.6) is 0 Å². The number of nitrogens with zero attached hydrogens (tertiary/aromatic N) is 1. The summed E-state index contributed by atoms with van der Waals surface area (Å²) in [7, 11) is 0. The molecule has 1 aromatic heterocycles. The Morgan fingerprint density at radius 1 is 1.00 bits per heavy atom. The Morgan fingerprint density at radius 3 is 2.69 bits per heavy atom. The quantitative estimate of drug-likeness (QED) is 0.577. The third-order valence-electron chi connectivity index (χ3n) is 2.62. The fraction of sp³-hybridized carbons (Fsp3) is 0. The summed E-state index contributed by atoms with van der Waals surface area (Å²) in [5, 5.41) is 10.8. The zero-order chi connectivity index (χ0) is 11.1. The second kappa shape index (κ2) is 3.01. The monoisotopic (exact) mass is 208 g/mol. The maximum Gasteiger partial charge on any atom is 0.136 e. The fourth-order valence-corrected chi connectivity index (χ4v) is 1.86. The van der Waals surface area contributed by atoms with Gasteiger partial charge in [-0.25, -0.2) is 0 Å². The van der Waals surface area contributed by atoms with E-state index in [1.54, 1.807) is 18.2 Å². The molecule has 0 amide bonds. The van der Waals surface area contributed by atoms with Crippen LogP contribution in [0.15, 0.2) is 40.8 Å². The lowest BCUT2D eigenvalue weighted by atomic mass is 10.1. The van der Waals surface area contributed by atoms with E-state index < -0.39 is 0 Å². The summed E-state index contributed by atoms with van der Waals surface area (Å²) < 4.78 is 5.64. The van der Waals surface area contributed by atoms with Crippen molar-refractivity contribution < 1.29 is 4.42 Å². The van der Waals surface area contributed by atoms with E-state index in [0.717, 1.165) is 21.9 Å². The number of nitrogens with two attached hydrogens (primary N) is 1. The van der Waals surface area contributed by atoms with E-state index in [0.29, 0.717) is 11.3 Å². The Bertz CT molecular complexity index is 735. The average Bonchev–Trinajstić information content (AvgIpc) is 2.66. The fourth-order valence-electron chi connectivity index (χ4n) is 1.86. The molecule has 76 valence electrons. The summed E-state index contributed by atoms with van der Waals surface area (Å²) >= 11 is 0. The Kier molecular flexibility index (Phi) is 1.66. The van der Waals surface area contributed by atoms with E-state index in [1.807, 2.05) is 18.2 Å². The van der Waals surface area contributed by atoms with Gasteiger partial charge >= 0.3 is 0 Å². The molecular formula is C13H8N2O. The van der Waals surface area contributed by atoms with Gasteiger partial charge in [0, 0.05) is 16.5 Å². The topological polar surface area (TPSA) is 63.0 Å². The van der Waals surface area contributed by atoms with Crippen molar-refractivity contribution in [3.63, 3.8) is 0 Å². The van der Waals surface area contributed by atoms with Crippen LogP contribution in [-0.2, 0) is 0 Å². The molecule has 16 heavy (non-hydrogen) atoms. The van der Waals surface area contributed by atoms with Crippen molar-refractivity contribution in [2.45, 2.75) is 0 Å². The van der Waals surface area contributed by atoms with Gasteiger partial charge in [-0.3, -0.25) is 0 Å². The highest BCUT2D eigenvalue weighted by Crippen LogP contribution is 2.30. The molecule has 1 heterocycles. The van der Waals surface area contributed by atoms with E-state index in [2.05, 4.69) is 6.07 Å². The zero-order valence-corrected chi connectivity index (χ0v) is 8.40. The van der Waals surface area contributed by atoms with Crippen LogP contribution in [0.25, 0.3) is 21.9 Å². The van der Waals surface area contributed by atoms with Crippen LogP contribution in [0.1, 0.15) is 5.56 Å². The minimum atomic E-state index is 0.597. The van der Waals surface area contributed by atoms with Gasteiger partial charge < -0.3 is 10.2 Å². The standard InChI is InChI=1S/C13H8N2O/c14-7-8-1-3-10-11-6-9(15)2-4-12(11)16-13(10)5-8/h1-6H,15H2. The molecule has 2 N–H and O–H groups in total. The molecule has 3 nitrogen and oxygen atoms in total. The Balaban J connectivity index is 2.47. The first kappa shape index (κ1) is 8.81. The van der Waals surface area contributed by atoms with E-state index in [1.165, 1.54) is 0 Å². The van der Waals surface area contributed by atoms with Gasteiger partial charge in [-0.1, -0.05) is 0 Å². The maximum absolute atomic E-state index is 8.80. The SMILES string of the molecule is N#Cc1ccc2c(c1)oc1ccc(N)cc12. The van der Waals surface area contributed by atoms with Gasteiger partial charge in [0.1, 0.15) is 11.2 Å². The molecule has 0 spiro atoms. The van der Waals surface area contributed by atoms with Crippen molar-refractivity contribution in [2.24, 2.45) is 0 Å². The number of rotatable bonds is 0. The highest BCUT2D eigenvalue weighted by molar-refractivity contribution is 6.06. The summed E-state index contributed by atoms with van der Waals surface area (Å²) in [6, 6.07) is 13.0. The molecule has 0 aliphatic carbocycles. The number of anilines is 1. The number of fused-ring (bicyclic) bond motifs is 3. The smallest absolute Gasteiger partial charge is 0.136 e. The number of nitrogen functional groups attached to an aromatic ring is 1. The van der Waals surface area contributed by atoms with Gasteiger partial charge in [0.25, 0.3) is 0 Å². The second-order valence-electron chi connectivity index (χ2n) is 3.68. The predicted octanol–water partition coefficient (Wildman–Crippen LogP) is 3.04. The van der Waals surface area contributed by atoms with Crippen molar-refractivity contribution in [1.82, 2.24) is 0 Å². The zero-order valence-electron chi connectivity index (χ0n) is 8.40. The molecular weight excluding hydrogens is 200 g/mol. The first-order chi connectivity index (χ1) is 7.78. The number of nitriles is 1. The van der Waals surface area contributed by atoms with E-state index in [-0.39, 0.29) is 0 Å². The lowest BCUT2D eigenvalue weighted by Gasteiger charge is -1.91. The summed E-state index contributed by atoms with van der Waals surface area (Å²) in [6.07, 6.45) is 0. The van der Waals surface area contributed by atoms with E-state index in [4.69, 9.17) is 15.4 Å². The second-order valence-corrected chi connectivity index (χ2v) is 3.68. The van der Waals surface area contributed by atoms with Crippen LogP contribution in [0, 0.1) is 11.3 Å². The van der Waals surface area contributed by atoms with Crippen LogP contribution in [0.4, 0.5) is 5.69 Å².